The molecule has 1 N–H and O–H groups in total. The molecule has 7 heteroatoms. The van der Waals surface area contributed by atoms with Crippen LogP contribution in [0.25, 0.3) is 10.8 Å². The number of hydrogen-bond donors (Lipinski definition) is 1. The fourth-order valence-electron chi connectivity index (χ4n) is 2.61. The molecule has 1 aliphatic rings. The first-order valence-corrected chi connectivity index (χ1v) is 11.3. The number of benzene rings is 2. The van der Waals surface area contributed by atoms with Gasteiger partial charge in [0.15, 0.2) is 8.68 Å². The molecule has 0 unspecified atom stereocenters. The Bertz CT molecular complexity index is 918. The van der Waals surface area contributed by atoms with Crippen molar-refractivity contribution in [2.24, 2.45) is 0 Å². The number of thioether (sulfide) groups is 2. The number of aromatic nitrogens is 2. The zero-order valence-electron chi connectivity index (χ0n) is 14.3. The summed E-state index contributed by atoms with van der Waals surface area (Å²) < 4.78 is 1.79. The first kappa shape index (κ1) is 17.8. The molecule has 1 saturated carbocycles. The molecule has 0 radical (unpaired) electrons. The Balaban J connectivity index is 1.36. The van der Waals surface area contributed by atoms with Crippen LogP contribution < -0.4 is 5.32 Å². The molecule has 4 nitrogen and oxygen atoms in total. The summed E-state index contributed by atoms with van der Waals surface area (Å²) in [6.07, 6.45) is 2.22. The van der Waals surface area contributed by atoms with E-state index in [0.717, 1.165) is 27.3 Å². The smallest absolute Gasteiger partial charge is 0.233 e. The molecule has 1 amide bonds. The van der Waals surface area contributed by atoms with E-state index in [1.165, 1.54) is 28.1 Å². The van der Waals surface area contributed by atoms with Crippen LogP contribution >= 0.6 is 34.9 Å². The number of hydrogen-bond acceptors (Lipinski definition) is 6. The fourth-order valence-corrected chi connectivity index (χ4v) is 5.79. The molecule has 4 rings (SSSR count). The summed E-state index contributed by atoms with van der Waals surface area (Å²) >= 11 is 4.74. The van der Waals surface area contributed by atoms with E-state index >= 15 is 0 Å². The van der Waals surface area contributed by atoms with E-state index in [0.29, 0.717) is 6.04 Å². The van der Waals surface area contributed by atoms with Crippen molar-refractivity contribution in [1.29, 1.82) is 0 Å². The third-order valence-electron chi connectivity index (χ3n) is 4.19. The number of nitrogens with zero attached hydrogens (tertiary/aromatic N) is 2. The van der Waals surface area contributed by atoms with Gasteiger partial charge < -0.3 is 5.32 Å². The molecule has 1 heterocycles. The largest absolute Gasteiger partial charge is 0.352 e. The second kappa shape index (κ2) is 7.98. The maximum Gasteiger partial charge on any atom is 0.233 e. The van der Waals surface area contributed by atoms with Crippen LogP contribution in [0.3, 0.4) is 0 Å². The van der Waals surface area contributed by atoms with Gasteiger partial charge in [0, 0.05) is 11.8 Å². The van der Waals surface area contributed by atoms with Crippen LogP contribution in [-0.2, 0) is 10.5 Å². The predicted molar refractivity (Wildman–Crippen MR) is 110 cm³/mol. The minimum Gasteiger partial charge on any atom is -0.352 e. The maximum atomic E-state index is 12.1. The average molecular weight is 402 g/mol. The van der Waals surface area contributed by atoms with Gasteiger partial charge in [0.1, 0.15) is 0 Å². The number of carbonyl (C=O) groups excluding carboxylic acids is 1. The monoisotopic (exact) mass is 401 g/mol. The molecule has 1 aliphatic carbocycles. The lowest BCUT2D eigenvalue weighted by Gasteiger charge is -2.08. The highest BCUT2D eigenvalue weighted by Gasteiger charge is 2.26. The molecule has 0 bridgehead atoms. The van der Waals surface area contributed by atoms with Crippen molar-refractivity contribution in [3.05, 3.63) is 48.0 Å². The van der Waals surface area contributed by atoms with Crippen molar-refractivity contribution in [2.45, 2.75) is 45.5 Å². The van der Waals surface area contributed by atoms with Crippen LogP contribution in [0, 0.1) is 0 Å². The Kier molecular flexibility index (Phi) is 5.47. The SMILES string of the molecule is C[C@H](Sc1nnc(SCc2cccc3ccccc23)s1)C(=O)NC1CC1. The maximum absolute atomic E-state index is 12.1. The first-order chi connectivity index (χ1) is 12.7. The normalized spacial score (nSPS) is 15.1. The number of rotatable bonds is 7. The summed E-state index contributed by atoms with van der Waals surface area (Å²) in [6, 6.07) is 15.2. The number of carbonyl (C=O) groups is 1. The molecule has 26 heavy (non-hydrogen) atoms. The van der Waals surface area contributed by atoms with Crippen molar-refractivity contribution in [2.75, 3.05) is 0 Å². The van der Waals surface area contributed by atoms with Gasteiger partial charge in [-0.25, -0.2) is 0 Å². The minimum atomic E-state index is -0.139. The average Bonchev–Trinajstić information content (AvgIpc) is 3.36. The summed E-state index contributed by atoms with van der Waals surface area (Å²) in [7, 11) is 0. The Morgan fingerprint density at radius 1 is 1.19 bits per heavy atom. The van der Waals surface area contributed by atoms with Gasteiger partial charge in [-0.1, -0.05) is 77.3 Å². The molecule has 2 aromatic carbocycles. The van der Waals surface area contributed by atoms with Gasteiger partial charge in [0.2, 0.25) is 5.91 Å². The third kappa shape index (κ3) is 4.39. The van der Waals surface area contributed by atoms with Gasteiger partial charge in [0.05, 0.1) is 5.25 Å². The van der Waals surface area contributed by atoms with E-state index in [1.807, 2.05) is 6.92 Å². The van der Waals surface area contributed by atoms with Gasteiger partial charge in [-0.2, -0.15) is 0 Å². The van der Waals surface area contributed by atoms with Crippen molar-refractivity contribution in [3.8, 4) is 0 Å². The van der Waals surface area contributed by atoms with E-state index in [-0.39, 0.29) is 11.2 Å². The first-order valence-electron chi connectivity index (χ1n) is 8.59. The van der Waals surface area contributed by atoms with Gasteiger partial charge in [0.25, 0.3) is 0 Å². The van der Waals surface area contributed by atoms with Gasteiger partial charge in [-0.15, -0.1) is 10.2 Å². The highest BCUT2D eigenvalue weighted by molar-refractivity contribution is 8.03. The Morgan fingerprint density at radius 2 is 1.96 bits per heavy atom. The molecule has 1 atom stereocenters. The number of nitrogens with one attached hydrogen (secondary N) is 1. The van der Waals surface area contributed by atoms with E-state index < -0.39 is 0 Å². The van der Waals surface area contributed by atoms with Crippen LogP contribution in [0.1, 0.15) is 25.3 Å². The van der Waals surface area contributed by atoms with E-state index in [4.69, 9.17) is 0 Å². The second-order valence-electron chi connectivity index (χ2n) is 6.30. The summed E-state index contributed by atoms with van der Waals surface area (Å²) in [6.45, 7) is 1.92. The molecular weight excluding hydrogens is 382 g/mol. The quantitative estimate of drug-likeness (QED) is 0.579. The van der Waals surface area contributed by atoms with Crippen LogP contribution in [0.4, 0.5) is 0 Å². The van der Waals surface area contributed by atoms with Crippen molar-refractivity contribution >= 4 is 51.5 Å². The third-order valence-corrected chi connectivity index (χ3v) is 7.48. The number of fused-ring (bicyclic) bond motifs is 1. The second-order valence-corrected chi connectivity index (χ2v) is 10.1. The summed E-state index contributed by atoms with van der Waals surface area (Å²) in [5.74, 6) is 0.955. The van der Waals surface area contributed by atoms with Crippen molar-refractivity contribution in [3.63, 3.8) is 0 Å². The highest BCUT2D eigenvalue weighted by Crippen LogP contribution is 2.34. The van der Waals surface area contributed by atoms with Crippen LogP contribution in [0.2, 0.25) is 0 Å². The number of amides is 1. The van der Waals surface area contributed by atoms with E-state index in [1.54, 1.807) is 23.1 Å². The zero-order valence-corrected chi connectivity index (χ0v) is 16.8. The molecule has 1 aromatic heterocycles. The molecule has 3 aromatic rings. The zero-order chi connectivity index (χ0) is 17.9. The lowest BCUT2D eigenvalue weighted by molar-refractivity contribution is -0.120. The van der Waals surface area contributed by atoms with E-state index in [9.17, 15) is 4.79 Å². The van der Waals surface area contributed by atoms with E-state index in [2.05, 4.69) is 58.0 Å². The lowest BCUT2D eigenvalue weighted by Crippen LogP contribution is -2.32. The van der Waals surface area contributed by atoms with Gasteiger partial charge in [-0.3, -0.25) is 4.79 Å². The summed E-state index contributed by atoms with van der Waals surface area (Å²) in [5.41, 5.74) is 1.30. The molecular formula is C19H19N3OS3. The molecule has 134 valence electrons. The Morgan fingerprint density at radius 3 is 2.81 bits per heavy atom. The van der Waals surface area contributed by atoms with Crippen LogP contribution in [0.5, 0.6) is 0 Å². The Labute approximate surface area is 165 Å². The highest BCUT2D eigenvalue weighted by atomic mass is 32.2. The lowest BCUT2D eigenvalue weighted by atomic mass is 10.1. The summed E-state index contributed by atoms with van der Waals surface area (Å²) in [5, 5.41) is 14.0. The predicted octanol–water partition coefficient (Wildman–Crippen LogP) is 4.74. The van der Waals surface area contributed by atoms with Gasteiger partial charge >= 0.3 is 0 Å². The molecule has 0 saturated heterocycles. The van der Waals surface area contributed by atoms with Crippen molar-refractivity contribution < 1.29 is 4.79 Å². The molecule has 0 spiro atoms. The van der Waals surface area contributed by atoms with Crippen molar-refractivity contribution in [1.82, 2.24) is 15.5 Å². The fraction of sp³-hybridized carbons (Fsp3) is 0.316. The summed E-state index contributed by atoms with van der Waals surface area (Å²) in [4.78, 5) is 12.1. The Hall–Kier alpha value is -1.57. The van der Waals surface area contributed by atoms with Gasteiger partial charge in [-0.05, 0) is 36.1 Å². The van der Waals surface area contributed by atoms with Crippen LogP contribution in [0.15, 0.2) is 51.1 Å². The standard InChI is InChI=1S/C19H19N3OS3/c1-12(17(23)20-15-9-10-15)25-19-22-21-18(26-19)24-11-14-7-4-6-13-5-2-3-8-16(13)14/h2-8,12,15H,9-11H2,1H3,(H,20,23)/t12-/m0/s1. The van der Waals surface area contributed by atoms with Crippen LogP contribution in [-0.4, -0.2) is 27.4 Å². The molecule has 0 aliphatic heterocycles. The minimum absolute atomic E-state index is 0.0951. The topological polar surface area (TPSA) is 54.9 Å². The molecule has 1 fully saturated rings.